The molecule has 0 amide bonds. The van der Waals surface area contributed by atoms with Gasteiger partial charge in [-0.3, -0.25) is 0 Å². The summed E-state index contributed by atoms with van der Waals surface area (Å²) < 4.78 is 35.3. The number of hydrogen-bond acceptors (Lipinski definition) is 12. The quantitative estimate of drug-likeness (QED) is 0.273. The van der Waals surface area contributed by atoms with Crippen LogP contribution in [-0.4, -0.2) is 66.4 Å². The van der Waals surface area contributed by atoms with Crippen molar-refractivity contribution in [2.75, 3.05) is 54.2 Å². The second-order valence-corrected chi connectivity index (χ2v) is 17.6. The maximum absolute atomic E-state index is 6.03. The molecular weight excluding hydrogens is 649 g/mol. The molecule has 0 spiro atoms. The van der Waals surface area contributed by atoms with Crippen LogP contribution in [0, 0.1) is 11.8 Å². The Kier molecular flexibility index (Phi) is 14.8. The van der Waals surface area contributed by atoms with Gasteiger partial charge in [0.05, 0.1) is 40.6 Å². The third kappa shape index (κ3) is 9.11. The Balaban J connectivity index is 1.58. The highest BCUT2D eigenvalue weighted by Crippen LogP contribution is 2.44. The van der Waals surface area contributed by atoms with Gasteiger partial charge in [0.2, 0.25) is 0 Å². The summed E-state index contributed by atoms with van der Waals surface area (Å²) in [7, 11) is 21.9. The molecular formula is C30H42O6S6. The van der Waals surface area contributed by atoms with Gasteiger partial charge in [-0.15, -0.1) is 0 Å². The number of fused-ring (bicyclic) bond motifs is 2. The van der Waals surface area contributed by atoms with E-state index in [-0.39, 0.29) is 12.2 Å². The monoisotopic (exact) mass is 690 g/mol. The van der Waals surface area contributed by atoms with E-state index in [1.165, 1.54) is 0 Å². The predicted octanol–water partition coefficient (Wildman–Crippen LogP) is 8.64. The first-order chi connectivity index (χ1) is 20.5. The molecule has 7 rings (SSSR count). The minimum atomic E-state index is 0.242. The van der Waals surface area contributed by atoms with Crippen molar-refractivity contribution >= 4 is 64.8 Å². The Bertz CT molecular complexity index is 1050. The zero-order chi connectivity index (χ0) is 29.9. The van der Waals surface area contributed by atoms with E-state index in [4.69, 9.17) is 28.4 Å². The number of hydrogen-bond donors (Lipinski definition) is 0. The Morgan fingerprint density at radius 3 is 1.00 bits per heavy atom. The third-order valence-corrected chi connectivity index (χ3v) is 14.8. The molecule has 0 N–H and O–H groups in total. The maximum Gasteiger partial charge on any atom is 0.123 e. The molecule has 234 valence electrons. The van der Waals surface area contributed by atoms with Gasteiger partial charge < -0.3 is 28.4 Å². The first kappa shape index (κ1) is 34.5. The molecule has 12 heteroatoms. The molecule has 6 nitrogen and oxygen atoms in total. The van der Waals surface area contributed by atoms with Crippen LogP contribution in [0.4, 0.5) is 0 Å². The third-order valence-electron chi connectivity index (χ3n) is 7.77. The molecule has 0 radical (unpaired) electrons. The largest absolute Gasteiger partial charge is 0.496 e. The lowest BCUT2D eigenvalue weighted by molar-refractivity contribution is -0.0548. The van der Waals surface area contributed by atoms with E-state index in [1.54, 1.807) is 50.0 Å². The predicted molar refractivity (Wildman–Crippen MR) is 187 cm³/mol. The second kappa shape index (κ2) is 18.0. The van der Waals surface area contributed by atoms with Crippen LogP contribution in [0.25, 0.3) is 0 Å². The second-order valence-electron chi connectivity index (χ2n) is 10.1. The Morgan fingerprint density at radius 2 is 0.738 bits per heavy atom. The van der Waals surface area contributed by atoms with Gasteiger partial charge in [0.1, 0.15) is 23.0 Å². The lowest BCUT2D eigenvalue weighted by Crippen LogP contribution is -2.42. The zero-order valence-corrected chi connectivity index (χ0v) is 30.1. The van der Waals surface area contributed by atoms with Gasteiger partial charge >= 0.3 is 0 Å². The molecule has 1 saturated carbocycles. The van der Waals surface area contributed by atoms with E-state index in [2.05, 4.69) is 24.3 Å². The van der Waals surface area contributed by atoms with Crippen molar-refractivity contribution in [1.29, 1.82) is 0 Å². The minimum Gasteiger partial charge on any atom is -0.496 e. The Morgan fingerprint density at radius 1 is 0.452 bits per heavy atom. The van der Waals surface area contributed by atoms with Crippen molar-refractivity contribution in [3.63, 3.8) is 0 Å². The average molecular weight is 691 g/mol. The van der Waals surface area contributed by atoms with Gasteiger partial charge in [-0.05, 0) is 48.9 Å². The topological polar surface area (TPSA) is 55.4 Å². The number of rotatable bonds is 6. The molecule has 42 heavy (non-hydrogen) atoms. The molecule has 4 atom stereocenters. The lowest BCUT2D eigenvalue weighted by Gasteiger charge is -2.40. The fourth-order valence-electron chi connectivity index (χ4n) is 5.40. The summed E-state index contributed by atoms with van der Waals surface area (Å²) in [5.41, 5.74) is 4.55. The molecule has 1 aliphatic carbocycles. The summed E-state index contributed by atoms with van der Waals surface area (Å²) >= 11 is 0. The zero-order valence-electron chi connectivity index (χ0n) is 25.2. The summed E-state index contributed by atoms with van der Waals surface area (Å²) in [5.74, 6) is 9.90. The van der Waals surface area contributed by atoms with Crippen LogP contribution in [0.3, 0.4) is 0 Å². The van der Waals surface area contributed by atoms with Crippen LogP contribution in [0.15, 0.2) is 24.3 Å². The van der Waals surface area contributed by atoms with Crippen LogP contribution < -0.4 is 18.9 Å². The minimum absolute atomic E-state index is 0.242. The van der Waals surface area contributed by atoms with Crippen molar-refractivity contribution in [2.45, 2.75) is 48.1 Å². The van der Waals surface area contributed by atoms with E-state index in [0.29, 0.717) is 11.8 Å². The van der Waals surface area contributed by atoms with Gasteiger partial charge in [-0.25, -0.2) is 0 Å². The first-order valence-electron chi connectivity index (χ1n) is 13.8. The van der Waals surface area contributed by atoms with Crippen molar-refractivity contribution < 1.29 is 28.4 Å². The highest BCUT2D eigenvalue weighted by Gasteiger charge is 2.37. The standard InChI is InChI=1S/C30H42O6S6/c1-31-25-7-20-14-38-40-16-22-10-30(36-6)24(12-29(22)35-5)18-42-41-17-23-11-27(33-3)21(9-28(23)34-4)15-39-37-13-19(25)8-26(20)32-2/h7-9,11,22,24,29-30H,10,12-18H2,1-6H3/t22-,24-,29-,30?/m1/s1. The number of ether oxygens (including phenoxy) is 6. The summed E-state index contributed by atoms with van der Waals surface area (Å²) in [6.45, 7) is 0. The molecule has 1 fully saturated rings. The molecule has 2 aromatic carbocycles. The van der Waals surface area contributed by atoms with Crippen LogP contribution in [0.1, 0.15) is 35.1 Å². The first-order valence-corrected chi connectivity index (χ1v) is 21.3. The van der Waals surface area contributed by atoms with E-state index >= 15 is 0 Å². The van der Waals surface area contributed by atoms with E-state index in [9.17, 15) is 0 Å². The van der Waals surface area contributed by atoms with Crippen molar-refractivity contribution in [2.24, 2.45) is 11.8 Å². The van der Waals surface area contributed by atoms with Crippen LogP contribution in [-0.2, 0) is 32.5 Å². The van der Waals surface area contributed by atoms with E-state index in [1.807, 2.05) is 57.4 Å². The van der Waals surface area contributed by atoms with E-state index < -0.39 is 0 Å². The van der Waals surface area contributed by atoms with Crippen molar-refractivity contribution in [3.05, 3.63) is 46.5 Å². The van der Waals surface area contributed by atoms with Gasteiger partial charge in [0, 0.05) is 71.0 Å². The summed E-state index contributed by atoms with van der Waals surface area (Å²) in [5, 5.41) is 0. The van der Waals surface area contributed by atoms with Gasteiger partial charge in [-0.2, -0.15) is 0 Å². The molecule has 5 aliphatic rings. The smallest absolute Gasteiger partial charge is 0.123 e. The molecule has 0 aromatic heterocycles. The molecule has 1 unspecified atom stereocenters. The van der Waals surface area contributed by atoms with Crippen LogP contribution >= 0.6 is 64.8 Å². The molecule has 4 heterocycles. The summed E-state index contributed by atoms with van der Waals surface area (Å²) in [6, 6.07) is 8.53. The molecule has 0 saturated heterocycles. The van der Waals surface area contributed by atoms with Crippen LogP contribution in [0.2, 0.25) is 0 Å². The Labute approximate surface area is 275 Å². The maximum atomic E-state index is 6.03. The van der Waals surface area contributed by atoms with Crippen LogP contribution in [0.5, 0.6) is 23.0 Å². The van der Waals surface area contributed by atoms with Crippen molar-refractivity contribution in [3.8, 4) is 23.0 Å². The Hall–Kier alpha value is -0.340. The number of benzene rings is 2. The fraction of sp³-hybridized carbons (Fsp3) is 0.600. The molecule has 2 aromatic rings. The lowest BCUT2D eigenvalue weighted by atomic mass is 9.79. The highest BCUT2D eigenvalue weighted by molar-refractivity contribution is 8.76. The normalized spacial score (nSPS) is 24.2. The van der Waals surface area contributed by atoms with Gasteiger partial charge in [0.15, 0.2) is 0 Å². The summed E-state index contributed by atoms with van der Waals surface area (Å²) in [4.78, 5) is 0. The molecule has 4 aliphatic heterocycles. The molecule has 6 bridgehead atoms. The SMILES string of the molecule is COc1cc2c(OC)cc1CSSCc1cc(OC)c(cc1OC)CSSC[C@H]1CC(OC)[C@@H](CSSC2)C[C@H]1OC. The van der Waals surface area contributed by atoms with Crippen molar-refractivity contribution in [1.82, 2.24) is 0 Å². The average Bonchev–Trinajstić information content (AvgIpc) is 3.02. The number of methoxy groups -OCH3 is 6. The fourth-order valence-corrected chi connectivity index (χ4v) is 12.5. The van der Waals surface area contributed by atoms with Gasteiger partial charge in [0.25, 0.3) is 0 Å². The summed E-state index contributed by atoms with van der Waals surface area (Å²) in [6.07, 6.45) is 2.53. The highest BCUT2D eigenvalue weighted by atomic mass is 33.1. The van der Waals surface area contributed by atoms with Gasteiger partial charge in [-0.1, -0.05) is 64.8 Å². The van der Waals surface area contributed by atoms with E-state index in [0.717, 1.165) is 92.6 Å².